The number of aromatic nitrogens is 2. The highest BCUT2D eigenvalue weighted by Gasteiger charge is 2.76. The second kappa shape index (κ2) is 14.4. The number of aromatic hydroxyl groups is 5. The number of nitrogens with zero attached hydrogens (tertiary/aromatic N) is 1. The lowest BCUT2D eigenvalue weighted by Crippen LogP contribution is -2.76. The van der Waals surface area contributed by atoms with Crippen molar-refractivity contribution in [1.82, 2.24) is 15.3 Å². The number of aromatic amines is 1. The molecule has 5 aromatic rings. The fraction of sp³-hybridized carbons (Fsp3) is 0.442. The Bertz CT molecular complexity index is 2550. The summed E-state index contributed by atoms with van der Waals surface area (Å²) in [5, 5.41) is 70.8. The number of aliphatic hydroxyl groups excluding tert-OH is 1. The van der Waals surface area contributed by atoms with Crippen molar-refractivity contribution >= 4 is 22.9 Å². The van der Waals surface area contributed by atoms with E-state index in [2.05, 4.69) is 52.9 Å². The first-order valence-corrected chi connectivity index (χ1v) is 22.7. The number of nitrogens with one attached hydrogen (secondary N) is 2. The number of rotatable bonds is 7. The number of imidazole rings is 1. The number of fused-ring (bicyclic) bond motifs is 4. The van der Waals surface area contributed by atoms with Crippen LogP contribution >= 0.6 is 0 Å². The molecule has 1 aliphatic heterocycles. The van der Waals surface area contributed by atoms with E-state index in [1.165, 1.54) is 87.2 Å². The molecule has 1 aromatic heterocycles. The van der Waals surface area contributed by atoms with Crippen LogP contribution in [0.1, 0.15) is 110 Å². The highest BCUT2D eigenvalue weighted by atomic mass is 16.3. The summed E-state index contributed by atoms with van der Waals surface area (Å²) in [6.07, 6.45) is 26.1. The molecule has 2 heterocycles. The molecule has 9 heteroatoms. The van der Waals surface area contributed by atoms with E-state index in [1.54, 1.807) is 18.2 Å². The van der Waals surface area contributed by atoms with Crippen molar-refractivity contribution < 1.29 is 30.6 Å². The van der Waals surface area contributed by atoms with Gasteiger partial charge in [0.1, 0.15) is 5.75 Å². The topological polar surface area (TPSA) is 162 Å². The minimum Gasteiger partial charge on any atom is -0.507 e. The van der Waals surface area contributed by atoms with Gasteiger partial charge in [-0.25, -0.2) is 4.98 Å². The van der Waals surface area contributed by atoms with E-state index in [-0.39, 0.29) is 68.4 Å². The molecule has 10 atom stereocenters. The number of aryl methyl sites for hydroxylation is 1. The SMILES string of the molecule is Oc1ccc(/C=C/c2c(CCc3ccc([C@@H]4CC[C@H]5C[C@H]6CCC[C@]67CC[C@@]68CCC[C@@H]6C=C[C@@H](O)[C@H]8[C@]7(c6cnc[nH]6)[C@@H]5N4)cc3)c(O)c(O)c3c(O)cccc23)cc1O. The van der Waals surface area contributed by atoms with Gasteiger partial charge in [-0.1, -0.05) is 79.6 Å². The van der Waals surface area contributed by atoms with Gasteiger partial charge in [0, 0.05) is 40.9 Å². The van der Waals surface area contributed by atoms with Gasteiger partial charge >= 0.3 is 0 Å². The molecule has 0 unspecified atom stereocenters. The minimum atomic E-state index is -0.483. The van der Waals surface area contributed by atoms with E-state index >= 15 is 0 Å². The largest absolute Gasteiger partial charge is 0.507 e. The van der Waals surface area contributed by atoms with Crippen LogP contribution in [0.25, 0.3) is 22.9 Å². The molecule has 8 N–H and O–H groups in total. The van der Waals surface area contributed by atoms with Crippen LogP contribution in [0.4, 0.5) is 0 Å². The van der Waals surface area contributed by atoms with Crippen molar-refractivity contribution in [2.24, 2.45) is 34.5 Å². The highest BCUT2D eigenvalue weighted by molar-refractivity contribution is 6.03. The third-order valence-corrected chi connectivity index (χ3v) is 17.3. The Balaban J connectivity index is 0.911. The van der Waals surface area contributed by atoms with Crippen molar-refractivity contribution in [3.63, 3.8) is 0 Å². The molecule has 6 aliphatic rings. The third-order valence-electron chi connectivity index (χ3n) is 17.3. The first-order valence-electron chi connectivity index (χ1n) is 22.7. The normalized spacial score (nSPS) is 33.9. The summed E-state index contributed by atoms with van der Waals surface area (Å²) in [6, 6.07) is 18.8. The summed E-state index contributed by atoms with van der Waals surface area (Å²) in [4.78, 5) is 8.47. The van der Waals surface area contributed by atoms with Gasteiger partial charge in [0.25, 0.3) is 0 Å². The zero-order valence-electron chi connectivity index (χ0n) is 34.6. The molecule has 0 radical (unpaired) electrons. The molecule has 2 spiro atoms. The highest BCUT2D eigenvalue weighted by Crippen LogP contribution is 2.77. The number of allylic oxidation sites excluding steroid dienone is 1. The first kappa shape index (κ1) is 38.7. The van der Waals surface area contributed by atoms with Gasteiger partial charge in [-0.2, -0.15) is 0 Å². The van der Waals surface area contributed by atoms with E-state index in [9.17, 15) is 30.6 Å². The number of H-pyrrole nitrogens is 1. The van der Waals surface area contributed by atoms with Gasteiger partial charge in [0.15, 0.2) is 23.0 Å². The van der Waals surface area contributed by atoms with Crippen molar-refractivity contribution in [2.75, 3.05) is 0 Å². The fourth-order valence-electron chi connectivity index (χ4n) is 15.0. The lowest BCUT2D eigenvalue weighted by atomic mass is 9.33. The monoisotopic (exact) mass is 819 g/mol. The number of aliphatic hydroxyl groups is 1. The summed E-state index contributed by atoms with van der Waals surface area (Å²) in [5.74, 6) is 0.640. The second-order valence-electron chi connectivity index (χ2n) is 19.5. The molecule has 61 heavy (non-hydrogen) atoms. The van der Waals surface area contributed by atoms with Crippen LogP contribution in [0.2, 0.25) is 0 Å². The van der Waals surface area contributed by atoms with Gasteiger partial charge in [-0.3, -0.25) is 0 Å². The fourth-order valence-corrected chi connectivity index (χ4v) is 15.0. The van der Waals surface area contributed by atoms with Crippen LogP contribution in [0.15, 0.2) is 85.3 Å². The lowest BCUT2D eigenvalue weighted by Gasteiger charge is -2.72. The number of phenols is 5. The average molecular weight is 820 g/mol. The lowest BCUT2D eigenvalue weighted by molar-refractivity contribution is -0.197. The molecule has 1 saturated heterocycles. The maximum absolute atomic E-state index is 12.4. The zero-order chi connectivity index (χ0) is 41.7. The van der Waals surface area contributed by atoms with Crippen LogP contribution in [0, 0.1) is 34.5 Å². The molecule has 316 valence electrons. The van der Waals surface area contributed by atoms with Gasteiger partial charge in [0.05, 0.1) is 17.8 Å². The predicted octanol–water partition coefficient (Wildman–Crippen LogP) is 9.71. The molecular formula is C52H57N3O6. The summed E-state index contributed by atoms with van der Waals surface area (Å²) >= 11 is 0. The summed E-state index contributed by atoms with van der Waals surface area (Å²) in [7, 11) is 0. The average Bonchev–Trinajstić information content (AvgIpc) is 4.05. The quantitative estimate of drug-likeness (QED) is 0.0458. The van der Waals surface area contributed by atoms with Crippen LogP contribution in [-0.2, 0) is 18.3 Å². The van der Waals surface area contributed by atoms with Crippen molar-refractivity contribution in [3.8, 4) is 28.7 Å². The zero-order valence-corrected chi connectivity index (χ0v) is 34.6. The standard InChI is InChI=1S/C52H57N3O6/c56-40-20-12-31(26-43(40)59)11-17-36-37-6-1-7-41(57)45(37)47(61)46(60)38(36)18-10-30-8-13-32(14-9-30)39-19-15-33-27-35-5-3-23-51(35)25-24-50-22-2-4-34(50)16-21-42(58)48(50)52(51,49(33)55-39)44-28-53-29-54-44/h1,6-9,11-14,16-17,20-21,26,28-29,33-35,39,42,48-49,55-61H,2-5,10,15,18-19,22-25,27H2,(H,53,54)/b17-11+/t33-,34+,35+,39-,42+,48+,49+,50-,51-,52+/m0/s1. The molecule has 5 fully saturated rings. The maximum atomic E-state index is 12.4. The molecule has 5 aliphatic carbocycles. The van der Waals surface area contributed by atoms with E-state index in [1.807, 2.05) is 18.5 Å². The molecule has 0 amide bonds. The van der Waals surface area contributed by atoms with Crippen molar-refractivity contribution in [1.29, 1.82) is 0 Å². The Morgan fingerprint density at radius 2 is 1.62 bits per heavy atom. The first-order chi connectivity index (χ1) is 29.6. The van der Waals surface area contributed by atoms with Crippen LogP contribution < -0.4 is 5.32 Å². The van der Waals surface area contributed by atoms with E-state index in [0.29, 0.717) is 52.7 Å². The Morgan fingerprint density at radius 1 is 0.770 bits per heavy atom. The Kier molecular flexibility index (Phi) is 9.14. The van der Waals surface area contributed by atoms with E-state index in [0.717, 1.165) is 18.4 Å². The van der Waals surface area contributed by atoms with E-state index in [4.69, 9.17) is 4.98 Å². The molecule has 11 rings (SSSR count). The van der Waals surface area contributed by atoms with Crippen LogP contribution in [0.3, 0.4) is 0 Å². The van der Waals surface area contributed by atoms with Crippen molar-refractivity contribution in [2.45, 2.75) is 107 Å². The van der Waals surface area contributed by atoms with Gasteiger partial charge in [-0.05, 0) is 145 Å². The summed E-state index contributed by atoms with van der Waals surface area (Å²) in [5.41, 5.74) is 5.43. The Labute approximate surface area is 356 Å². The molecule has 9 nitrogen and oxygen atoms in total. The minimum absolute atomic E-state index is 0.108. The van der Waals surface area contributed by atoms with Gasteiger partial charge in [-0.15, -0.1) is 0 Å². The molecule has 4 aromatic carbocycles. The Hall–Kier alpha value is -5.25. The third kappa shape index (κ3) is 5.61. The summed E-state index contributed by atoms with van der Waals surface area (Å²) < 4.78 is 0. The van der Waals surface area contributed by atoms with Gasteiger partial charge < -0.3 is 40.9 Å². The van der Waals surface area contributed by atoms with Crippen LogP contribution in [0.5, 0.6) is 28.7 Å². The molecular weight excluding hydrogens is 763 g/mol. The predicted molar refractivity (Wildman–Crippen MR) is 236 cm³/mol. The Morgan fingerprint density at radius 3 is 2.44 bits per heavy atom. The number of piperidine rings is 1. The second-order valence-corrected chi connectivity index (χ2v) is 19.5. The number of hydrogen-bond donors (Lipinski definition) is 8. The smallest absolute Gasteiger partial charge is 0.169 e. The number of benzene rings is 4. The maximum Gasteiger partial charge on any atom is 0.169 e. The molecule has 4 saturated carbocycles. The van der Waals surface area contributed by atoms with E-state index < -0.39 is 6.10 Å². The molecule has 0 bridgehead atoms. The summed E-state index contributed by atoms with van der Waals surface area (Å²) in [6.45, 7) is 0. The number of phenolic OH excluding ortho intramolecular Hbond substituents is 5. The van der Waals surface area contributed by atoms with Crippen LogP contribution in [-0.4, -0.2) is 52.8 Å². The van der Waals surface area contributed by atoms with Crippen molar-refractivity contribution in [3.05, 3.63) is 119 Å². The number of hydrogen-bond acceptors (Lipinski definition) is 8. The van der Waals surface area contributed by atoms with Gasteiger partial charge in [0.2, 0.25) is 0 Å².